The summed E-state index contributed by atoms with van der Waals surface area (Å²) in [6.45, 7) is 3.24. The van der Waals surface area contributed by atoms with Crippen LogP contribution >= 0.6 is 11.3 Å². The maximum atomic E-state index is 4.70. The van der Waals surface area contributed by atoms with Gasteiger partial charge in [-0.3, -0.25) is 0 Å². The van der Waals surface area contributed by atoms with E-state index in [4.69, 9.17) is 4.98 Å². The molecule has 2 bridgehead atoms. The van der Waals surface area contributed by atoms with Gasteiger partial charge < -0.3 is 5.32 Å². The van der Waals surface area contributed by atoms with Gasteiger partial charge in [0.05, 0.1) is 10.2 Å². The fourth-order valence-electron chi connectivity index (χ4n) is 3.79. The van der Waals surface area contributed by atoms with E-state index in [1.54, 1.807) is 0 Å². The summed E-state index contributed by atoms with van der Waals surface area (Å²) >= 11 is 1.81. The van der Waals surface area contributed by atoms with Crippen LogP contribution < -0.4 is 5.32 Å². The lowest BCUT2D eigenvalue weighted by molar-refractivity contribution is 0.326. The van der Waals surface area contributed by atoms with Crippen molar-refractivity contribution >= 4 is 21.6 Å². The standard InChI is InChI=1S/C17H20N2S/c1-11(14-9-12-6-7-13(14)8-12)18-10-17-19-15-4-2-3-5-16(15)20-17/h2-7,11-14,18H,8-10H2,1H3. The van der Waals surface area contributed by atoms with Crippen LogP contribution in [0.4, 0.5) is 0 Å². The van der Waals surface area contributed by atoms with Gasteiger partial charge in [0.1, 0.15) is 5.01 Å². The predicted molar refractivity (Wildman–Crippen MR) is 84.8 cm³/mol. The van der Waals surface area contributed by atoms with E-state index in [0.717, 1.165) is 29.8 Å². The van der Waals surface area contributed by atoms with Crippen LogP contribution in [0.5, 0.6) is 0 Å². The van der Waals surface area contributed by atoms with Gasteiger partial charge in [-0.2, -0.15) is 0 Å². The van der Waals surface area contributed by atoms with Crippen LogP contribution in [0, 0.1) is 17.8 Å². The van der Waals surface area contributed by atoms with E-state index in [9.17, 15) is 0 Å². The van der Waals surface area contributed by atoms with Gasteiger partial charge in [-0.15, -0.1) is 11.3 Å². The van der Waals surface area contributed by atoms with E-state index in [-0.39, 0.29) is 0 Å². The van der Waals surface area contributed by atoms with Crippen LogP contribution in [-0.4, -0.2) is 11.0 Å². The summed E-state index contributed by atoms with van der Waals surface area (Å²) in [7, 11) is 0. The van der Waals surface area contributed by atoms with Crippen molar-refractivity contribution in [3.05, 3.63) is 41.4 Å². The maximum absolute atomic E-state index is 4.70. The number of nitrogens with zero attached hydrogens (tertiary/aromatic N) is 1. The SMILES string of the molecule is CC(NCc1nc2ccccc2s1)C1CC2C=CC1C2. The zero-order valence-electron chi connectivity index (χ0n) is 11.8. The lowest BCUT2D eigenvalue weighted by atomic mass is 9.87. The van der Waals surface area contributed by atoms with Crippen LogP contribution in [0.25, 0.3) is 10.2 Å². The Kier molecular flexibility index (Phi) is 3.12. The molecule has 1 aromatic heterocycles. The van der Waals surface area contributed by atoms with Crippen molar-refractivity contribution in [3.63, 3.8) is 0 Å². The Bertz CT molecular complexity index is 612. The number of thiazole rings is 1. The van der Waals surface area contributed by atoms with Crippen molar-refractivity contribution in [1.82, 2.24) is 10.3 Å². The third-order valence-electron chi connectivity index (χ3n) is 4.89. The molecule has 1 N–H and O–H groups in total. The van der Waals surface area contributed by atoms with Crippen LogP contribution in [0.3, 0.4) is 0 Å². The first-order valence-corrected chi connectivity index (χ1v) is 8.37. The lowest BCUT2D eigenvalue weighted by Gasteiger charge is -2.26. The highest BCUT2D eigenvalue weighted by Gasteiger charge is 2.38. The van der Waals surface area contributed by atoms with E-state index in [1.807, 2.05) is 11.3 Å². The molecule has 104 valence electrons. The van der Waals surface area contributed by atoms with Crippen molar-refractivity contribution in [2.24, 2.45) is 17.8 Å². The second kappa shape index (κ2) is 4.97. The second-order valence-electron chi connectivity index (χ2n) is 6.19. The Hall–Kier alpha value is -1.19. The zero-order chi connectivity index (χ0) is 13.5. The van der Waals surface area contributed by atoms with Crippen LogP contribution in [-0.2, 0) is 6.54 Å². The number of hydrogen-bond donors (Lipinski definition) is 1. The Balaban J connectivity index is 1.41. The molecule has 1 aromatic carbocycles. The monoisotopic (exact) mass is 284 g/mol. The molecule has 20 heavy (non-hydrogen) atoms. The van der Waals surface area contributed by atoms with E-state index < -0.39 is 0 Å². The van der Waals surface area contributed by atoms with Crippen molar-refractivity contribution in [1.29, 1.82) is 0 Å². The number of rotatable bonds is 4. The van der Waals surface area contributed by atoms with Crippen LogP contribution in [0.15, 0.2) is 36.4 Å². The molecule has 4 unspecified atom stereocenters. The minimum Gasteiger partial charge on any atom is -0.308 e. The Morgan fingerprint density at radius 2 is 2.20 bits per heavy atom. The number of para-hydroxylation sites is 1. The van der Waals surface area contributed by atoms with Crippen molar-refractivity contribution < 1.29 is 0 Å². The quantitative estimate of drug-likeness (QED) is 0.859. The second-order valence-corrected chi connectivity index (χ2v) is 7.30. The summed E-state index contributed by atoms with van der Waals surface area (Å²) < 4.78 is 1.29. The van der Waals surface area contributed by atoms with Gasteiger partial charge in [0, 0.05) is 12.6 Å². The zero-order valence-corrected chi connectivity index (χ0v) is 12.6. The van der Waals surface area contributed by atoms with Gasteiger partial charge in [-0.25, -0.2) is 4.98 Å². The summed E-state index contributed by atoms with van der Waals surface area (Å²) in [5.74, 6) is 2.49. The smallest absolute Gasteiger partial charge is 0.108 e. The first-order chi connectivity index (χ1) is 9.79. The average molecular weight is 284 g/mol. The van der Waals surface area contributed by atoms with Gasteiger partial charge >= 0.3 is 0 Å². The number of hydrogen-bond acceptors (Lipinski definition) is 3. The molecule has 0 saturated heterocycles. The molecule has 0 spiro atoms. The molecule has 4 atom stereocenters. The Morgan fingerprint density at radius 3 is 2.95 bits per heavy atom. The first kappa shape index (κ1) is 12.5. The van der Waals surface area contributed by atoms with Crippen molar-refractivity contribution in [2.75, 3.05) is 0 Å². The highest BCUT2D eigenvalue weighted by atomic mass is 32.1. The lowest BCUT2D eigenvalue weighted by Crippen LogP contribution is -2.35. The third-order valence-corrected chi connectivity index (χ3v) is 5.92. The summed E-state index contributed by atoms with van der Waals surface area (Å²) in [5, 5.41) is 4.91. The minimum atomic E-state index is 0.585. The Morgan fingerprint density at radius 1 is 1.30 bits per heavy atom. The molecule has 1 heterocycles. The largest absolute Gasteiger partial charge is 0.308 e. The molecule has 1 saturated carbocycles. The molecular formula is C17H20N2S. The Labute approximate surface area is 123 Å². The van der Waals surface area contributed by atoms with Gasteiger partial charge in [0.25, 0.3) is 0 Å². The average Bonchev–Trinajstić information content (AvgIpc) is 3.18. The minimum absolute atomic E-state index is 0.585. The molecule has 0 amide bonds. The number of nitrogens with one attached hydrogen (secondary N) is 1. The van der Waals surface area contributed by atoms with E-state index >= 15 is 0 Å². The molecule has 1 fully saturated rings. The fourth-order valence-corrected chi connectivity index (χ4v) is 4.71. The van der Waals surface area contributed by atoms with Gasteiger partial charge in [-0.05, 0) is 49.7 Å². The molecule has 0 aliphatic heterocycles. The van der Waals surface area contributed by atoms with Crippen molar-refractivity contribution in [2.45, 2.75) is 32.4 Å². The van der Waals surface area contributed by atoms with E-state index in [1.165, 1.54) is 22.5 Å². The summed E-state index contributed by atoms with van der Waals surface area (Å²) in [4.78, 5) is 4.70. The predicted octanol–water partition coefficient (Wildman–Crippen LogP) is 3.99. The highest BCUT2D eigenvalue weighted by Crippen LogP contribution is 2.44. The molecule has 2 aliphatic carbocycles. The van der Waals surface area contributed by atoms with Crippen molar-refractivity contribution in [3.8, 4) is 0 Å². The topological polar surface area (TPSA) is 24.9 Å². The van der Waals surface area contributed by atoms with E-state index in [2.05, 4.69) is 48.7 Å². The molecular weight excluding hydrogens is 264 g/mol. The number of benzene rings is 1. The highest BCUT2D eigenvalue weighted by molar-refractivity contribution is 7.18. The molecule has 3 heteroatoms. The molecule has 2 aromatic rings. The van der Waals surface area contributed by atoms with Crippen LogP contribution in [0.2, 0.25) is 0 Å². The molecule has 2 nitrogen and oxygen atoms in total. The normalized spacial score (nSPS) is 29.4. The number of allylic oxidation sites excluding steroid dienone is 2. The molecule has 0 radical (unpaired) electrons. The number of fused-ring (bicyclic) bond motifs is 3. The fraction of sp³-hybridized carbons (Fsp3) is 0.471. The van der Waals surface area contributed by atoms with Gasteiger partial charge in [0.15, 0.2) is 0 Å². The maximum Gasteiger partial charge on any atom is 0.108 e. The van der Waals surface area contributed by atoms with Crippen LogP contribution in [0.1, 0.15) is 24.8 Å². The van der Waals surface area contributed by atoms with E-state index in [0.29, 0.717) is 6.04 Å². The molecule has 4 rings (SSSR count). The number of aromatic nitrogens is 1. The third kappa shape index (κ3) is 2.19. The summed E-state index contributed by atoms with van der Waals surface area (Å²) in [5.41, 5.74) is 1.13. The van der Waals surface area contributed by atoms with Gasteiger partial charge in [-0.1, -0.05) is 24.3 Å². The summed E-state index contributed by atoms with van der Waals surface area (Å²) in [6.07, 6.45) is 7.61. The first-order valence-electron chi connectivity index (χ1n) is 7.56. The summed E-state index contributed by atoms with van der Waals surface area (Å²) in [6, 6.07) is 8.98. The molecule has 2 aliphatic rings. The van der Waals surface area contributed by atoms with Gasteiger partial charge in [0.2, 0.25) is 0 Å².